The van der Waals surface area contributed by atoms with Gasteiger partial charge in [0.1, 0.15) is 11.6 Å². The summed E-state index contributed by atoms with van der Waals surface area (Å²) in [6.45, 7) is 7.89. The van der Waals surface area contributed by atoms with Crippen molar-refractivity contribution >= 4 is 5.82 Å². The van der Waals surface area contributed by atoms with Crippen molar-refractivity contribution in [1.82, 2.24) is 23.9 Å². The number of ether oxygens (including phenoxy) is 1. The van der Waals surface area contributed by atoms with Crippen LogP contribution in [0.2, 0.25) is 0 Å². The lowest BCUT2D eigenvalue weighted by Crippen LogP contribution is -2.41. The van der Waals surface area contributed by atoms with E-state index in [0.717, 1.165) is 17.7 Å². The lowest BCUT2D eigenvalue weighted by Gasteiger charge is -2.32. The molecule has 178 valence electrons. The molecule has 0 aliphatic carbocycles. The van der Waals surface area contributed by atoms with Gasteiger partial charge in [-0.05, 0) is 32.4 Å². The fraction of sp³-hybridized carbons (Fsp3) is 0.500. The summed E-state index contributed by atoms with van der Waals surface area (Å²) in [5, 5.41) is 4.22. The smallest absolute Gasteiger partial charge is 0.375 e. The van der Waals surface area contributed by atoms with Crippen LogP contribution < -0.4 is 10.6 Å². The number of pyridine rings is 1. The first-order valence-electron chi connectivity index (χ1n) is 11.0. The quantitative estimate of drug-likeness (QED) is 0.561. The van der Waals surface area contributed by atoms with Gasteiger partial charge in [-0.2, -0.15) is 18.3 Å². The Bertz CT molecular complexity index is 1180. The van der Waals surface area contributed by atoms with Crippen LogP contribution in [0.3, 0.4) is 0 Å². The number of aromatic nitrogens is 5. The van der Waals surface area contributed by atoms with Crippen LogP contribution in [0.15, 0.2) is 35.5 Å². The van der Waals surface area contributed by atoms with Crippen LogP contribution >= 0.6 is 0 Å². The third-order valence-corrected chi connectivity index (χ3v) is 5.67. The third-order valence-electron chi connectivity index (χ3n) is 5.67. The molecule has 1 aliphatic rings. The molecule has 1 fully saturated rings. The highest BCUT2D eigenvalue weighted by Crippen LogP contribution is 2.33. The Balaban J connectivity index is 1.79. The summed E-state index contributed by atoms with van der Waals surface area (Å²) in [6.07, 6.45) is 0.951. The van der Waals surface area contributed by atoms with Crippen molar-refractivity contribution in [3.05, 3.63) is 58.0 Å². The summed E-state index contributed by atoms with van der Waals surface area (Å²) < 4.78 is 51.3. The van der Waals surface area contributed by atoms with Crippen LogP contribution in [0, 0.1) is 0 Å². The van der Waals surface area contributed by atoms with E-state index in [0.29, 0.717) is 38.4 Å². The van der Waals surface area contributed by atoms with Gasteiger partial charge in [0.15, 0.2) is 0 Å². The van der Waals surface area contributed by atoms with Gasteiger partial charge in [-0.25, -0.2) is 14.3 Å². The molecule has 0 N–H and O–H groups in total. The van der Waals surface area contributed by atoms with Gasteiger partial charge in [0, 0.05) is 43.3 Å². The van der Waals surface area contributed by atoms with Crippen LogP contribution in [0.1, 0.15) is 37.6 Å². The number of morpholine rings is 1. The standard InChI is InChI=1S/C22H27F3N6O2/c1-4-18-14-29(12-16-10-26-30(5-2)13-16)21(32)31(18)20-9-17(22(23,24)25)8-19(27-20)28-6-7-33-15(3)11-28/h8-10,13-15H,4-7,11-12H2,1-3H3/t15-/m1/s1. The first-order valence-corrected chi connectivity index (χ1v) is 11.0. The number of aryl methyl sites for hydroxylation is 2. The lowest BCUT2D eigenvalue weighted by atomic mass is 10.2. The van der Waals surface area contributed by atoms with E-state index in [-0.39, 0.29) is 24.3 Å². The maximum atomic E-state index is 13.7. The van der Waals surface area contributed by atoms with Crippen LogP contribution in [0.4, 0.5) is 19.0 Å². The number of rotatable bonds is 6. The molecule has 1 atom stereocenters. The van der Waals surface area contributed by atoms with Crippen molar-refractivity contribution in [2.45, 2.75) is 52.6 Å². The summed E-state index contributed by atoms with van der Waals surface area (Å²) in [6, 6.07) is 1.97. The Hall–Kier alpha value is -3.08. The number of nitrogens with zero attached hydrogens (tertiary/aromatic N) is 6. The molecule has 11 heteroatoms. The van der Waals surface area contributed by atoms with Crippen LogP contribution in [-0.2, 0) is 30.4 Å². The van der Waals surface area contributed by atoms with E-state index < -0.39 is 17.4 Å². The second kappa shape index (κ2) is 9.05. The van der Waals surface area contributed by atoms with Gasteiger partial charge in [-0.1, -0.05) is 6.92 Å². The van der Waals surface area contributed by atoms with Crippen LogP contribution in [0.5, 0.6) is 0 Å². The maximum absolute atomic E-state index is 13.7. The Morgan fingerprint density at radius 1 is 1.18 bits per heavy atom. The zero-order valence-electron chi connectivity index (χ0n) is 18.8. The molecule has 4 rings (SSSR count). The average molecular weight is 464 g/mol. The molecule has 8 nitrogen and oxygen atoms in total. The summed E-state index contributed by atoms with van der Waals surface area (Å²) in [5.41, 5.74) is 0.131. The van der Waals surface area contributed by atoms with Crippen molar-refractivity contribution in [2.24, 2.45) is 0 Å². The fourth-order valence-electron chi connectivity index (χ4n) is 3.98. The van der Waals surface area contributed by atoms with Gasteiger partial charge < -0.3 is 9.64 Å². The highest BCUT2D eigenvalue weighted by atomic mass is 19.4. The number of alkyl halides is 3. The Kier molecular flexibility index (Phi) is 6.33. The molecule has 1 aliphatic heterocycles. The second-order valence-corrected chi connectivity index (χ2v) is 8.12. The van der Waals surface area contributed by atoms with E-state index in [2.05, 4.69) is 10.1 Å². The number of imidazole rings is 1. The van der Waals surface area contributed by atoms with Crippen molar-refractivity contribution in [1.29, 1.82) is 0 Å². The average Bonchev–Trinajstić information content (AvgIpc) is 3.37. The number of hydrogen-bond donors (Lipinski definition) is 0. The number of anilines is 1. The molecular weight excluding hydrogens is 437 g/mol. The van der Waals surface area contributed by atoms with E-state index in [4.69, 9.17) is 4.74 Å². The molecular formula is C22H27F3N6O2. The zero-order chi connectivity index (χ0) is 23.8. The predicted octanol–water partition coefficient (Wildman–Crippen LogP) is 3.11. The summed E-state index contributed by atoms with van der Waals surface area (Å²) in [4.78, 5) is 19.5. The first-order chi connectivity index (χ1) is 15.7. The molecule has 0 amide bonds. The molecule has 3 aromatic heterocycles. The van der Waals surface area contributed by atoms with Crippen LogP contribution in [-0.4, -0.2) is 49.7 Å². The van der Waals surface area contributed by atoms with E-state index in [1.165, 1.54) is 9.13 Å². The Morgan fingerprint density at radius 2 is 1.94 bits per heavy atom. The predicted molar refractivity (Wildman–Crippen MR) is 117 cm³/mol. The van der Waals surface area contributed by atoms with Crippen LogP contribution in [0.25, 0.3) is 5.82 Å². The molecule has 0 bridgehead atoms. The molecule has 0 radical (unpaired) electrons. The topological polar surface area (TPSA) is 70.1 Å². The molecule has 0 saturated carbocycles. The van der Waals surface area contributed by atoms with Gasteiger partial charge in [0.25, 0.3) is 0 Å². The zero-order valence-corrected chi connectivity index (χ0v) is 18.8. The summed E-state index contributed by atoms with van der Waals surface area (Å²) >= 11 is 0. The molecule has 0 spiro atoms. The van der Waals surface area contributed by atoms with E-state index in [9.17, 15) is 18.0 Å². The third kappa shape index (κ3) is 4.82. The summed E-state index contributed by atoms with van der Waals surface area (Å²) in [7, 11) is 0. The van der Waals surface area contributed by atoms with Gasteiger partial charge in [-0.15, -0.1) is 0 Å². The number of halogens is 3. The molecule has 3 aromatic rings. The van der Waals surface area contributed by atoms with Gasteiger partial charge >= 0.3 is 11.9 Å². The highest BCUT2D eigenvalue weighted by molar-refractivity contribution is 5.48. The van der Waals surface area contributed by atoms with E-state index >= 15 is 0 Å². The first kappa shape index (κ1) is 23.1. The minimum atomic E-state index is -4.57. The molecule has 0 aromatic carbocycles. The van der Waals surface area contributed by atoms with Crippen molar-refractivity contribution < 1.29 is 17.9 Å². The fourth-order valence-corrected chi connectivity index (χ4v) is 3.98. The van der Waals surface area contributed by atoms with E-state index in [1.807, 2.05) is 27.0 Å². The highest BCUT2D eigenvalue weighted by Gasteiger charge is 2.33. The molecule has 1 saturated heterocycles. The Labute approximate surface area is 189 Å². The minimum absolute atomic E-state index is 0.0381. The van der Waals surface area contributed by atoms with E-state index in [1.54, 1.807) is 22.0 Å². The molecule has 33 heavy (non-hydrogen) atoms. The molecule has 0 unspecified atom stereocenters. The number of hydrogen-bond acceptors (Lipinski definition) is 5. The SMILES string of the molecule is CCc1cn(Cc2cnn(CC)c2)c(=O)n1-c1cc(C(F)(F)F)cc(N2CCO[C@H](C)C2)n1. The summed E-state index contributed by atoms with van der Waals surface area (Å²) in [5.74, 6) is 0.143. The molecule has 4 heterocycles. The Morgan fingerprint density at radius 3 is 2.58 bits per heavy atom. The van der Waals surface area contributed by atoms with Gasteiger partial charge in [-0.3, -0.25) is 9.25 Å². The normalized spacial score (nSPS) is 17.0. The van der Waals surface area contributed by atoms with Gasteiger partial charge in [0.05, 0.1) is 31.0 Å². The van der Waals surface area contributed by atoms with Crippen molar-refractivity contribution in [2.75, 3.05) is 24.6 Å². The lowest BCUT2D eigenvalue weighted by molar-refractivity contribution is -0.137. The van der Waals surface area contributed by atoms with Gasteiger partial charge in [0.2, 0.25) is 0 Å². The minimum Gasteiger partial charge on any atom is -0.375 e. The monoisotopic (exact) mass is 464 g/mol. The second-order valence-electron chi connectivity index (χ2n) is 8.12. The maximum Gasteiger partial charge on any atom is 0.416 e. The largest absolute Gasteiger partial charge is 0.416 e. The van der Waals surface area contributed by atoms with Crippen molar-refractivity contribution in [3.63, 3.8) is 0 Å². The van der Waals surface area contributed by atoms with Crippen molar-refractivity contribution in [3.8, 4) is 5.82 Å².